The van der Waals surface area contributed by atoms with Gasteiger partial charge in [0.25, 0.3) is 0 Å². The van der Waals surface area contributed by atoms with Crippen LogP contribution in [0.3, 0.4) is 0 Å². The summed E-state index contributed by atoms with van der Waals surface area (Å²) in [4.78, 5) is 0. The van der Waals surface area contributed by atoms with E-state index in [1.807, 2.05) is 0 Å². The minimum atomic E-state index is 0.935. The van der Waals surface area contributed by atoms with E-state index in [4.69, 9.17) is 0 Å². The fourth-order valence-electron chi connectivity index (χ4n) is 1.19. The van der Waals surface area contributed by atoms with Gasteiger partial charge in [0.15, 0.2) is 0 Å². The first-order valence-corrected chi connectivity index (χ1v) is 9.12. The Balaban J connectivity index is 2.02. The number of rotatable bonds is 3. The summed E-state index contributed by atoms with van der Waals surface area (Å²) in [6, 6.07) is 4.51. The fourth-order valence-corrected chi connectivity index (χ4v) is 7.86. The summed E-state index contributed by atoms with van der Waals surface area (Å²) in [5.41, 5.74) is 2.98. The summed E-state index contributed by atoms with van der Waals surface area (Å²) in [5, 5.41) is 3.26. The van der Waals surface area contributed by atoms with Crippen molar-refractivity contribution in [1.82, 2.24) is 0 Å². The average Bonchev–Trinajstić information content (AvgIpc) is 2.72. The third kappa shape index (κ3) is 2.51. The molecule has 2 radical (unpaired) electrons. The molecule has 4 heteroatoms. The molecule has 2 aromatic rings. The van der Waals surface area contributed by atoms with Gasteiger partial charge in [-0.1, -0.05) is 12.1 Å². The van der Waals surface area contributed by atoms with Crippen molar-refractivity contribution in [2.45, 2.75) is 13.8 Å². The van der Waals surface area contributed by atoms with Crippen molar-refractivity contribution in [3.63, 3.8) is 0 Å². The lowest BCUT2D eigenvalue weighted by Gasteiger charge is -1.99. The molecule has 0 nitrogen and oxygen atoms in total. The van der Waals surface area contributed by atoms with E-state index in [1.165, 1.54) is 27.7 Å². The van der Waals surface area contributed by atoms with Crippen molar-refractivity contribution in [2.24, 2.45) is 0 Å². The molecule has 0 aliphatic heterocycles. The molecule has 0 saturated carbocycles. The van der Waals surface area contributed by atoms with Crippen LogP contribution in [0.1, 0.15) is 11.1 Å². The summed E-state index contributed by atoms with van der Waals surface area (Å²) < 4.78 is 0. The molecule has 0 spiro atoms. The maximum Gasteiger partial charge on any atom is 0.00520 e. The molecule has 2 unspecified atom stereocenters. The third-order valence-corrected chi connectivity index (χ3v) is 9.39. The predicted octanol–water partition coefficient (Wildman–Crippen LogP) is 4.12. The largest absolute Gasteiger partial charge is 0.131 e. The first kappa shape index (κ1) is 10.9. The van der Waals surface area contributed by atoms with Gasteiger partial charge in [-0.15, -0.1) is 16.4 Å². The van der Waals surface area contributed by atoms with Crippen molar-refractivity contribution >= 4 is 43.0 Å². The van der Waals surface area contributed by atoms with E-state index in [9.17, 15) is 0 Å². The minimum Gasteiger partial charge on any atom is -0.131 e. The topological polar surface area (TPSA) is 0 Å². The van der Waals surface area contributed by atoms with Crippen LogP contribution in [0.4, 0.5) is 0 Å². The van der Waals surface area contributed by atoms with Crippen LogP contribution >= 0.6 is 32.9 Å². The Labute approximate surface area is 91.9 Å². The van der Waals surface area contributed by atoms with Crippen LogP contribution in [0.5, 0.6) is 0 Å². The van der Waals surface area contributed by atoms with Gasteiger partial charge in [0.05, 0.1) is 0 Å². The molecule has 0 amide bonds. The van der Waals surface area contributed by atoms with Crippen LogP contribution in [0.2, 0.25) is 0 Å². The number of hydrogen-bond donors (Lipinski definition) is 0. The van der Waals surface area contributed by atoms with E-state index < -0.39 is 0 Å². The molecule has 14 heavy (non-hydrogen) atoms. The molecular formula is C10H12P4. The van der Waals surface area contributed by atoms with Gasteiger partial charge in [0.2, 0.25) is 0 Å². The minimum absolute atomic E-state index is 0.935. The van der Waals surface area contributed by atoms with E-state index in [0.717, 1.165) is 16.4 Å². The van der Waals surface area contributed by atoms with Gasteiger partial charge in [-0.2, -0.15) is 0 Å². The maximum absolute atomic E-state index is 2.30. The van der Waals surface area contributed by atoms with E-state index >= 15 is 0 Å². The second-order valence-corrected chi connectivity index (χ2v) is 8.80. The maximum atomic E-state index is 2.30. The summed E-state index contributed by atoms with van der Waals surface area (Å²) in [5.74, 6) is 4.59. The Morgan fingerprint density at radius 2 is 1.29 bits per heavy atom. The lowest BCUT2D eigenvalue weighted by atomic mass is 10.4. The van der Waals surface area contributed by atoms with Gasteiger partial charge >= 0.3 is 0 Å². The van der Waals surface area contributed by atoms with Crippen LogP contribution < -0.4 is 10.1 Å². The zero-order chi connectivity index (χ0) is 9.97. The van der Waals surface area contributed by atoms with Crippen molar-refractivity contribution in [3.8, 4) is 0 Å². The molecule has 0 aromatic carbocycles. The molecule has 2 aromatic heterocycles. The standard InChI is InChI=1S/C10H12P4/c1-7-3-5-11-9(7)13-14-10-8(2)4-6-12-10/h3-6,11-12H,1-2H3. The van der Waals surface area contributed by atoms with E-state index in [1.54, 1.807) is 10.1 Å². The average molecular weight is 256 g/mol. The van der Waals surface area contributed by atoms with Crippen LogP contribution in [0, 0.1) is 13.8 Å². The molecule has 0 N–H and O–H groups in total. The Kier molecular flexibility index (Phi) is 3.87. The molecule has 0 aliphatic rings. The Morgan fingerprint density at radius 3 is 1.57 bits per heavy atom. The van der Waals surface area contributed by atoms with E-state index in [-0.39, 0.29) is 0 Å². The monoisotopic (exact) mass is 256 g/mol. The van der Waals surface area contributed by atoms with Gasteiger partial charge in [0.1, 0.15) is 0 Å². The second kappa shape index (κ2) is 4.96. The summed E-state index contributed by atoms with van der Waals surface area (Å²) in [6.45, 7) is 4.45. The molecule has 0 bridgehead atoms. The van der Waals surface area contributed by atoms with Crippen LogP contribution in [-0.2, 0) is 0 Å². The Hall–Kier alpha value is 0.420. The van der Waals surface area contributed by atoms with Crippen molar-refractivity contribution < 1.29 is 0 Å². The van der Waals surface area contributed by atoms with Gasteiger partial charge in [-0.05, 0) is 53.1 Å². The van der Waals surface area contributed by atoms with Crippen molar-refractivity contribution in [3.05, 3.63) is 34.9 Å². The quantitative estimate of drug-likeness (QED) is 0.724. The Morgan fingerprint density at radius 1 is 0.857 bits per heavy atom. The van der Waals surface area contributed by atoms with Gasteiger partial charge in [0, 0.05) is 10.1 Å². The highest BCUT2D eigenvalue weighted by Gasteiger charge is 2.03. The molecule has 0 aliphatic carbocycles. The molecule has 2 heterocycles. The SMILES string of the molecule is Cc1cc[pH]c1[P][P]c1[pH]ccc1C. The smallest absolute Gasteiger partial charge is 0.00520 e. The summed E-state index contributed by atoms with van der Waals surface area (Å²) in [7, 11) is 4.87. The lowest BCUT2D eigenvalue weighted by Crippen LogP contribution is -1.90. The highest BCUT2D eigenvalue weighted by molar-refractivity contribution is 8.21. The molecule has 0 saturated heterocycles. The normalized spacial score (nSPS) is 13.6. The predicted molar refractivity (Wildman–Crippen MR) is 74.5 cm³/mol. The van der Waals surface area contributed by atoms with E-state index in [2.05, 4.69) is 37.6 Å². The first-order valence-electron chi connectivity index (χ1n) is 4.47. The number of hydrogen-bond acceptors (Lipinski definition) is 0. The molecule has 2 rings (SSSR count). The highest BCUT2D eigenvalue weighted by atomic mass is 32.0. The van der Waals surface area contributed by atoms with Crippen LogP contribution in [0.25, 0.3) is 0 Å². The van der Waals surface area contributed by atoms with Crippen molar-refractivity contribution in [1.29, 1.82) is 0 Å². The lowest BCUT2D eigenvalue weighted by molar-refractivity contribution is 1.59. The zero-order valence-corrected chi connectivity index (χ0v) is 12.0. The molecule has 72 valence electrons. The number of aryl methyl sites for hydroxylation is 2. The van der Waals surface area contributed by atoms with Crippen molar-refractivity contribution in [2.75, 3.05) is 0 Å². The van der Waals surface area contributed by atoms with Crippen LogP contribution in [-0.4, -0.2) is 0 Å². The zero-order valence-electron chi connectivity index (χ0n) is 8.20. The summed E-state index contributed by atoms with van der Waals surface area (Å²) in [6.07, 6.45) is 0. The summed E-state index contributed by atoms with van der Waals surface area (Å²) >= 11 is 0. The highest BCUT2D eigenvalue weighted by Crippen LogP contribution is 2.41. The first-order chi connectivity index (χ1) is 6.77. The second-order valence-electron chi connectivity index (χ2n) is 3.22. The third-order valence-electron chi connectivity index (χ3n) is 2.10. The van der Waals surface area contributed by atoms with Gasteiger partial charge in [-0.25, -0.2) is 0 Å². The molecule has 0 fully saturated rings. The Bertz CT molecular complexity index is 373. The van der Waals surface area contributed by atoms with Gasteiger partial charge in [-0.3, -0.25) is 0 Å². The van der Waals surface area contributed by atoms with E-state index in [0.29, 0.717) is 0 Å². The van der Waals surface area contributed by atoms with Gasteiger partial charge < -0.3 is 0 Å². The van der Waals surface area contributed by atoms with Crippen LogP contribution in [0.15, 0.2) is 23.7 Å². The molecular weight excluding hydrogens is 244 g/mol. The molecule has 2 atom stereocenters. The fraction of sp³-hybridized carbons (Fsp3) is 0.200.